The number of benzene rings is 2. The first-order chi connectivity index (χ1) is 14.3. The molecule has 0 aromatic heterocycles. The molecular weight excluding hydrogens is 447 g/mol. The number of amides is 1. The molecule has 3 rings (SSSR count). The number of ether oxygens (including phenoxy) is 1. The van der Waals surface area contributed by atoms with E-state index in [0.29, 0.717) is 47.3 Å². The summed E-state index contributed by atoms with van der Waals surface area (Å²) >= 11 is 11.9. The smallest absolute Gasteiger partial charge is 0.228 e. The molecule has 0 radical (unpaired) electrons. The van der Waals surface area contributed by atoms with Gasteiger partial charge in [0.1, 0.15) is 5.75 Å². The van der Waals surface area contributed by atoms with E-state index in [-0.39, 0.29) is 18.2 Å². The van der Waals surface area contributed by atoms with Crippen LogP contribution in [0.25, 0.3) is 0 Å². The standard InChI is InChI=1S/C21H24Cl2N2O4S/c1-2-29-18-8-6-17(7-9-18)24-21(26)16-4-3-11-25(13-16)30(27,28)14-15-5-10-19(22)20(23)12-15/h5-10,12,16H,2-4,11,13-14H2,1H3,(H,24,26). The van der Waals surface area contributed by atoms with Crippen LogP contribution in [0.5, 0.6) is 5.75 Å². The predicted molar refractivity (Wildman–Crippen MR) is 120 cm³/mol. The highest BCUT2D eigenvalue weighted by atomic mass is 35.5. The topological polar surface area (TPSA) is 75.7 Å². The molecular formula is C21H24Cl2N2O4S. The molecule has 2 aromatic rings. The zero-order chi connectivity index (χ0) is 21.7. The fourth-order valence-corrected chi connectivity index (χ4v) is 5.30. The summed E-state index contributed by atoms with van der Waals surface area (Å²) in [6.45, 7) is 3.03. The second-order valence-corrected chi connectivity index (χ2v) is 9.93. The molecule has 1 saturated heterocycles. The number of hydrogen-bond donors (Lipinski definition) is 1. The van der Waals surface area contributed by atoms with Gasteiger partial charge in [-0.3, -0.25) is 4.79 Å². The average Bonchev–Trinajstić information content (AvgIpc) is 2.72. The number of halogens is 2. The number of nitrogens with one attached hydrogen (secondary N) is 1. The van der Waals surface area contributed by atoms with E-state index in [0.717, 1.165) is 5.75 Å². The largest absolute Gasteiger partial charge is 0.494 e. The Bertz CT molecular complexity index is 997. The van der Waals surface area contributed by atoms with Crippen molar-refractivity contribution in [3.63, 3.8) is 0 Å². The molecule has 162 valence electrons. The Balaban J connectivity index is 1.63. The fourth-order valence-electron chi connectivity index (χ4n) is 3.39. The van der Waals surface area contributed by atoms with Crippen molar-refractivity contribution in [3.05, 3.63) is 58.1 Å². The van der Waals surface area contributed by atoms with Gasteiger partial charge in [0, 0.05) is 18.8 Å². The van der Waals surface area contributed by atoms with Gasteiger partial charge in [0.05, 0.1) is 28.3 Å². The number of carbonyl (C=O) groups is 1. The summed E-state index contributed by atoms with van der Waals surface area (Å²) in [5, 5.41) is 3.56. The Morgan fingerprint density at radius 1 is 1.17 bits per heavy atom. The molecule has 1 unspecified atom stereocenters. The summed E-state index contributed by atoms with van der Waals surface area (Å²) in [6.07, 6.45) is 1.27. The van der Waals surface area contributed by atoms with Crippen molar-refractivity contribution in [3.8, 4) is 5.75 Å². The zero-order valence-corrected chi connectivity index (χ0v) is 18.9. The van der Waals surface area contributed by atoms with Crippen molar-refractivity contribution < 1.29 is 17.9 Å². The minimum Gasteiger partial charge on any atom is -0.494 e. The second kappa shape index (κ2) is 10.0. The fraction of sp³-hybridized carbons (Fsp3) is 0.381. The highest BCUT2D eigenvalue weighted by Gasteiger charge is 2.32. The molecule has 30 heavy (non-hydrogen) atoms. The quantitative estimate of drug-likeness (QED) is 0.642. The van der Waals surface area contributed by atoms with Gasteiger partial charge >= 0.3 is 0 Å². The van der Waals surface area contributed by atoms with E-state index in [9.17, 15) is 13.2 Å². The molecule has 0 aliphatic carbocycles. The van der Waals surface area contributed by atoms with Crippen molar-refractivity contribution in [1.82, 2.24) is 4.31 Å². The van der Waals surface area contributed by atoms with E-state index in [1.165, 1.54) is 4.31 Å². The van der Waals surface area contributed by atoms with Crippen LogP contribution in [0.4, 0.5) is 5.69 Å². The van der Waals surface area contributed by atoms with Gasteiger partial charge in [-0.15, -0.1) is 0 Å². The predicted octanol–water partition coefficient (Wildman–Crippen LogP) is 4.57. The first kappa shape index (κ1) is 22.9. The maximum Gasteiger partial charge on any atom is 0.228 e. The molecule has 1 fully saturated rings. The lowest BCUT2D eigenvalue weighted by molar-refractivity contribution is -0.120. The second-order valence-electron chi connectivity index (χ2n) is 7.15. The molecule has 0 bridgehead atoms. The molecule has 0 spiro atoms. The number of piperidine rings is 1. The lowest BCUT2D eigenvalue weighted by atomic mass is 9.99. The van der Waals surface area contributed by atoms with E-state index >= 15 is 0 Å². The van der Waals surface area contributed by atoms with Crippen LogP contribution in [0.2, 0.25) is 10.0 Å². The van der Waals surface area contributed by atoms with E-state index in [4.69, 9.17) is 27.9 Å². The van der Waals surface area contributed by atoms with Crippen molar-refractivity contribution >= 4 is 44.8 Å². The Morgan fingerprint density at radius 3 is 2.57 bits per heavy atom. The average molecular weight is 471 g/mol. The molecule has 1 atom stereocenters. The minimum absolute atomic E-state index is 0.159. The zero-order valence-electron chi connectivity index (χ0n) is 16.6. The third-order valence-corrected chi connectivity index (χ3v) is 7.47. The van der Waals surface area contributed by atoms with Gasteiger partial charge in [-0.05, 0) is 61.7 Å². The monoisotopic (exact) mass is 470 g/mol. The number of rotatable bonds is 7. The third-order valence-electron chi connectivity index (χ3n) is 4.91. The van der Waals surface area contributed by atoms with Gasteiger partial charge in [-0.1, -0.05) is 29.3 Å². The van der Waals surface area contributed by atoms with Crippen LogP contribution in [0.3, 0.4) is 0 Å². The maximum atomic E-state index is 12.9. The van der Waals surface area contributed by atoms with Gasteiger partial charge in [-0.2, -0.15) is 0 Å². The molecule has 1 aliphatic heterocycles. The number of anilines is 1. The molecule has 2 aromatic carbocycles. The molecule has 1 aliphatic rings. The first-order valence-corrected chi connectivity index (χ1v) is 12.1. The van der Waals surface area contributed by atoms with Crippen molar-refractivity contribution in [2.45, 2.75) is 25.5 Å². The Morgan fingerprint density at radius 2 is 1.90 bits per heavy atom. The molecule has 6 nitrogen and oxygen atoms in total. The van der Waals surface area contributed by atoms with E-state index in [1.54, 1.807) is 42.5 Å². The van der Waals surface area contributed by atoms with Gasteiger partial charge < -0.3 is 10.1 Å². The summed E-state index contributed by atoms with van der Waals surface area (Å²) < 4.78 is 32.5. The van der Waals surface area contributed by atoms with Gasteiger partial charge in [-0.25, -0.2) is 12.7 Å². The molecule has 9 heteroatoms. The Hall–Kier alpha value is -1.80. The van der Waals surface area contributed by atoms with Crippen LogP contribution in [0.15, 0.2) is 42.5 Å². The lowest BCUT2D eigenvalue weighted by Gasteiger charge is -2.31. The summed E-state index contributed by atoms with van der Waals surface area (Å²) in [5.74, 6) is -0.0489. The Labute approximate surface area is 187 Å². The van der Waals surface area contributed by atoms with Gasteiger partial charge in [0.25, 0.3) is 0 Å². The highest BCUT2D eigenvalue weighted by Crippen LogP contribution is 2.26. The number of sulfonamides is 1. The maximum absolute atomic E-state index is 12.9. The van der Waals surface area contributed by atoms with Gasteiger partial charge in [0.15, 0.2) is 0 Å². The molecule has 1 amide bonds. The summed E-state index contributed by atoms with van der Waals surface area (Å²) in [5.41, 5.74) is 1.21. The summed E-state index contributed by atoms with van der Waals surface area (Å²) in [7, 11) is -3.58. The highest BCUT2D eigenvalue weighted by molar-refractivity contribution is 7.88. The first-order valence-electron chi connectivity index (χ1n) is 9.74. The number of carbonyl (C=O) groups excluding carboxylic acids is 1. The molecule has 1 N–H and O–H groups in total. The Kier molecular flexibility index (Phi) is 7.63. The minimum atomic E-state index is -3.58. The number of hydrogen-bond acceptors (Lipinski definition) is 4. The van der Waals surface area contributed by atoms with Crippen molar-refractivity contribution in [2.24, 2.45) is 5.92 Å². The van der Waals surface area contributed by atoms with Gasteiger partial charge in [0.2, 0.25) is 15.9 Å². The molecule has 0 saturated carbocycles. The lowest BCUT2D eigenvalue weighted by Crippen LogP contribution is -2.44. The van der Waals surface area contributed by atoms with Crippen LogP contribution in [-0.4, -0.2) is 38.3 Å². The van der Waals surface area contributed by atoms with Crippen molar-refractivity contribution in [1.29, 1.82) is 0 Å². The van der Waals surface area contributed by atoms with Crippen molar-refractivity contribution in [2.75, 3.05) is 25.0 Å². The van der Waals surface area contributed by atoms with E-state index in [2.05, 4.69) is 5.32 Å². The van der Waals surface area contributed by atoms with E-state index in [1.807, 2.05) is 6.92 Å². The van der Waals surface area contributed by atoms with Crippen LogP contribution >= 0.6 is 23.2 Å². The summed E-state index contributed by atoms with van der Waals surface area (Å²) in [4.78, 5) is 12.7. The van der Waals surface area contributed by atoms with Crippen LogP contribution in [0, 0.1) is 5.92 Å². The number of nitrogens with zero attached hydrogens (tertiary/aromatic N) is 1. The van der Waals surface area contributed by atoms with Crippen LogP contribution in [0.1, 0.15) is 25.3 Å². The van der Waals surface area contributed by atoms with Crippen LogP contribution < -0.4 is 10.1 Å². The summed E-state index contributed by atoms with van der Waals surface area (Å²) in [6, 6.07) is 11.9. The molecule has 1 heterocycles. The normalized spacial score (nSPS) is 17.5. The van der Waals surface area contributed by atoms with Crippen LogP contribution in [-0.2, 0) is 20.6 Å². The third kappa shape index (κ3) is 5.88. The van der Waals surface area contributed by atoms with E-state index < -0.39 is 15.9 Å². The SMILES string of the molecule is CCOc1ccc(NC(=O)C2CCCN(S(=O)(=O)Cc3ccc(Cl)c(Cl)c3)C2)cc1.